The van der Waals surface area contributed by atoms with E-state index in [1.807, 2.05) is 65.7 Å². The molecule has 0 bridgehead atoms. The molecule has 6 nitrogen and oxygen atoms in total. The molecule has 2 N–H and O–H groups in total. The summed E-state index contributed by atoms with van der Waals surface area (Å²) in [6.45, 7) is 0.527. The van der Waals surface area contributed by atoms with Crippen molar-refractivity contribution in [1.82, 2.24) is 25.1 Å². The lowest BCUT2D eigenvalue weighted by atomic mass is 10.2. The van der Waals surface area contributed by atoms with Crippen LogP contribution in [0.1, 0.15) is 15.5 Å². The third-order valence-corrected chi connectivity index (χ3v) is 5.18. The van der Waals surface area contributed by atoms with Gasteiger partial charge >= 0.3 is 0 Å². The van der Waals surface area contributed by atoms with Gasteiger partial charge in [0.1, 0.15) is 11.4 Å². The molecule has 0 saturated heterocycles. The van der Waals surface area contributed by atoms with E-state index in [0.717, 1.165) is 27.7 Å². The second-order valence-electron chi connectivity index (χ2n) is 6.17. The van der Waals surface area contributed by atoms with Gasteiger partial charge in [-0.3, -0.25) is 9.89 Å². The molecule has 7 heteroatoms. The highest BCUT2D eigenvalue weighted by molar-refractivity contribution is 7.09. The molecule has 27 heavy (non-hydrogen) atoms. The molecule has 0 aliphatic rings. The lowest BCUT2D eigenvalue weighted by Crippen LogP contribution is -2.26. The summed E-state index contributed by atoms with van der Waals surface area (Å²) in [6, 6.07) is 15.8. The highest BCUT2D eigenvalue weighted by atomic mass is 32.1. The van der Waals surface area contributed by atoms with Gasteiger partial charge in [-0.1, -0.05) is 30.3 Å². The van der Waals surface area contributed by atoms with Crippen molar-refractivity contribution < 1.29 is 4.79 Å². The summed E-state index contributed by atoms with van der Waals surface area (Å²) in [4.78, 5) is 17.0. The summed E-state index contributed by atoms with van der Waals surface area (Å²) in [5.41, 5.74) is 4.24. The number of rotatable bonds is 6. The van der Waals surface area contributed by atoms with Crippen molar-refractivity contribution in [2.75, 3.05) is 6.54 Å². The van der Waals surface area contributed by atoms with Crippen LogP contribution in [0.3, 0.4) is 0 Å². The first-order valence-electron chi connectivity index (χ1n) is 8.66. The van der Waals surface area contributed by atoms with E-state index in [0.29, 0.717) is 18.7 Å². The van der Waals surface area contributed by atoms with Gasteiger partial charge in [0.05, 0.1) is 16.4 Å². The number of hydrogen-bond acceptors (Lipinski definition) is 4. The number of carbonyl (C=O) groups excluding carboxylic acids is 1. The van der Waals surface area contributed by atoms with Gasteiger partial charge in [-0.05, 0) is 18.2 Å². The molecular formula is C20H19N5OS. The number of carbonyl (C=O) groups is 1. The van der Waals surface area contributed by atoms with Crippen LogP contribution >= 0.6 is 11.3 Å². The predicted molar refractivity (Wildman–Crippen MR) is 107 cm³/mol. The molecule has 3 heterocycles. The van der Waals surface area contributed by atoms with E-state index < -0.39 is 0 Å². The van der Waals surface area contributed by atoms with E-state index in [9.17, 15) is 4.79 Å². The van der Waals surface area contributed by atoms with Crippen molar-refractivity contribution in [1.29, 1.82) is 0 Å². The van der Waals surface area contributed by atoms with Gasteiger partial charge in [-0.2, -0.15) is 5.10 Å². The molecule has 0 atom stereocenters. The topological polar surface area (TPSA) is 75.6 Å². The lowest BCUT2D eigenvalue weighted by molar-refractivity contribution is 0.0949. The third-order valence-electron chi connectivity index (χ3n) is 4.27. The number of aromatic nitrogens is 4. The Bertz CT molecular complexity index is 1050. The molecule has 4 aromatic rings. The minimum Gasteiger partial charge on any atom is -0.350 e. The normalized spacial score (nSPS) is 10.9. The minimum absolute atomic E-state index is 0.164. The van der Waals surface area contributed by atoms with Crippen molar-refractivity contribution in [3.05, 3.63) is 70.8 Å². The number of nitrogens with zero attached hydrogens (tertiary/aromatic N) is 3. The zero-order valence-corrected chi connectivity index (χ0v) is 15.7. The molecule has 0 unspecified atom stereocenters. The zero-order chi connectivity index (χ0) is 18.6. The van der Waals surface area contributed by atoms with E-state index in [1.54, 1.807) is 17.4 Å². The SMILES string of the molecule is Cn1cccc1-c1cc(C(=O)NCCc2nc(-c3ccccc3)cs2)[nH]n1. The summed E-state index contributed by atoms with van der Waals surface area (Å²) in [5, 5.41) is 13.0. The van der Waals surface area contributed by atoms with Crippen LogP contribution in [-0.4, -0.2) is 32.2 Å². The molecule has 136 valence electrons. The molecule has 4 rings (SSSR count). The average Bonchev–Trinajstić information content (AvgIpc) is 3.42. The van der Waals surface area contributed by atoms with Crippen molar-refractivity contribution in [3.63, 3.8) is 0 Å². The van der Waals surface area contributed by atoms with Crippen molar-refractivity contribution >= 4 is 17.2 Å². The molecule has 3 aromatic heterocycles. The maximum absolute atomic E-state index is 12.3. The van der Waals surface area contributed by atoms with Gasteiger partial charge in [0.2, 0.25) is 0 Å². The molecule has 0 spiro atoms. The first-order valence-corrected chi connectivity index (χ1v) is 9.54. The monoisotopic (exact) mass is 377 g/mol. The fraction of sp³-hybridized carbons (Fsp3) is 0.150. The summed E-state index contributed by atoms with van der Waals surface area (Å²) >= 11 is 1.61. The largest absolute Gasteiger partial charge is 0.350 e. The van der Waals surface area contributed by atoms with Gasteiger partial charge in [0.25, 0.3) is 5.91 Å². The second-order valence-corrected chi connectivity index (χ2v) is 7.11. The van der Waals surface area contributed by atoms with Crippen LogP contribution in [-0.2, 0) is 13.5 Å². The Kier molecular flexibility index (Phi) is 4.84. The Morgan fingerprint density at radius 2 is 2.04 bits per heavy atom. The second kappa shape index (κ2) is 7.59. The first kappa shape index (κ1) is 17.2. The number of thiazole rings is 1. The molecular weight excluding hydrogens is 358 g/mol. The van der Waals surface area contributed by atoms with Crippen LogP contribution in [0.2, 0.25) is 0 Å². The van der Waals surface area contributed by atoms with Gasteiger partial charge in [0.15, 0.2) is 0 Å². The van der Waals surface area contributed by atoms with Crippen molar-refractivity contribution in [2.45, 2.75) is 6.42 Å². The van der Waals surface area contributed by atoms with E-state index >= 15 is 0 Å². The first-order chi connectivity index (χ1) is 13.2. The summed E-state index contributed by atoms with van der Waals surface area (Å²) in [5.74, 6) is -0.164. The predicted octanol–water partition coefficient (Wildman–Crippen LogP) is 3.51. The maximum atomic E-state index is 12.3. The van der Waals surface area contributed by atoms with Crippen molar-refractivity contribution in [2.24, 2.45) is 7.05 Å². The van der Waals surface area contributed by atoms with Gasteiger partial charge in [0, 0.05) is 37.2 Å². The quantitative estimate of drug-likeness (QED) is 0.540. The van der Waals surface area contributed by atoms with E-state index in [1.165, 1.54) is 0 Å². The average molecular weight is 377 g/mol. The Hall–Kier alpha value is -3.19. The lowest BCUT2D eigenvalue weighted by Gasteiger charge is -2.01. The maximum Gasteiger partial charge on any atom is 0.269 e. The Labute approximate surface area is 160 Å². The molecule has 0 radical (unpaired) electrons. The van der Waals surface area contributed by atoms with Crippen LogP contribution in [0.15, 0.2) is 60.1 Å². The molecule has 0 aliphatic heterocycles. The highest BCUT2D eigenvalue weighted by Crippen LogP contribution is 2.21. The molecule has 0 fully saturated rings. The fourth-order valence-corrected chi connectivity index (χ4v) is 3.65. The van der Waals surface area contributed by atoms with Crippen molar-refractivity contribution in [3.8, 4) is 22.6 Å². The minimum atomic E-state index is -0.164. The number of benzene rings is 1. The van der Waals surface area contributed by atoms with Crippen LogP contribution in [0, 0.1) is 0 Å². The third kappa shape index (κ3) is 3.83. The standard InChI is InChI=1S/C20H19N5OS/c1-25-11-5-8-18(25)15-12-16(24-23-15)20(26)21-10-9-19-22-17(13-27-19)14-6-3-2-4-7-14/h2-8,11-13H,9-10H2,1H3,(H,21,26)(H,23,24). The van der Waals surface area contributed by atoms with E-state index in [2.05, 4.69) is 20.5 Å². The number of amides is 1. The summed E-state index contributed by atoms with van der Waals surface area (Å²) in [7, 11) is 1.95. The Balaban J connectivity index is 1.33. The van der Waals surface area contributed by atoms with Gasteiger partial charge in [-0.25, -0.2) is 4.98 Å². The Morgan fingerprint density at radius 1 is 1.19 bits per heavy atom. The number of aromatic amines is 1. The fourth-order valence-electron chi connectivity index (χ4n) is 2.84. The van der Waals surface area contributed by atoms with E-state index in [-0.39, 0.29) is 5.91 Å². The van der Waals surface area contributed by atoms with Crippen LogP contribution in [0.4, 0.5) is 0 Å². The van der Waals surface area contributed by atoms with E-state index in [4.69, 9.17) is 0 Å². The van der Waals surface area contributed by atoms with Gasteiger partial charge < -0.3 is 9.88 Å². The molecule has 1 aromatic carbocycles. The number of aryl methyl sites for hydroxylation is 1. The molecule has 1 amide bonds. The zero-order valence-electron chi connectivity index (χ0n) is 14.8. The smallest absolute Gasteiger partial charge is 0.269 e. The van der Waals surface area contributed by atoms with Crippen LogP contribution in [0.25, 0.3) is 22.6 Å². The van der Waals surface area contributed by atoms with Crippen LogP contribution in [0.5, 0.6) is 0 Å². The highest BCUT2D eigenvalue weighted by Gasteiger charge is 2.12. The molecule has 0 aliphatic carbocycles. The number of hydrogen-bond donors (Lipinski definition) is 2. The summed E-state index contributed by atoms with van der Waals surface area (Å²) < 4.78 is 1.96. The number of H-pyrrole nitrogens is 1. The molecule has 0 saturated carbocycles. The Morgan fingerprint density at radius 3 is 2.81 bits per heavy atom. The van der Waals surface area contributed by atoms with Crippen LogP contribution < -0.4 is 5.32 Å². The number of nitrogens with one attached hydrogen (secondary N) is 2. The van der Waals surface area contributed by atoms with Gasteiger partial charge in [-0.15, -0.1) is 11.3 Å². The summed E-state index contributed by atoms with van der Waals surface area (Å²) in [6.07, 6.45) is 2.64.